The highest BCUT2D eigenvalue weighted by Gasteiger charge is 2.40. The summed E-state index contributed by atoms with van der Waals surface area (Å²) in [5.74, 6) is 0.00516. The number of carbonyl (C=O) groups excluding carboxylic acids is 1. The molecule has 37 heavy (non-hydrogen) atoms. The number of piperidine rings is 1. The maximum Gasteiger partial charge on any atom is 0.410 e. The molecule has 198 valence electrons. The molecule has 1 saturated heterocycles. The van der Waals surface area contributed by atoms with Gasteiger partial charge in [-0.2, -0.15) is 0 Å². The molecule has 2 aromatic rings. The summed E-state index contributed by atoms with van der Waals surface area (Å²) in [7, 11) is 0. The van der Waals surface area contributed by atoms with Crippen LogP contribution < -0.4 is 0 Å². The van der Waals surface area contributed by atoms with Crippen LogP contribution >= 0.6 is 0 Å². The first kappa shape index (κ1) is 26.9. The van der Waals surface area contributed by atoms with Gasteiger partial charge >= 0.3 is 12.1 Å². The first-order valence-corrected chi connectivity index (χ1v) is 13.5. The molecule has 4 atom stereocenters. The van der Waals surface area contributed by atoms with Gasteiger partial charge in [-0.25, -0.2) is 4.79 Å². The topological polar surface area (TPSA) is 70.1 Å². The van der Waals surface area contributed by atoms with Gasteiger partial charge in [-0.05, 0) is 54.6 Å². The summed E-state index contributed by atoms with van der Waals surface area (Å²) >= 11 is 0. The van der Waals surface area contributed by atoms with Crippen LogP contribution in [0.5, 0.6) is 0 Å². The zero-order chi connectivity index (χ0) is 26.2. The molecular formula is C31H40N2O4. The van der Waals surface area contributed by atoms with Crippen LogP contribution in [0.15, 0.2) is 73.3 Å². The van der Waals surface area contributed by atoms with Crippen molar-refractivity contribution in [3.05, 3.63) is 84.4 Å². The molecule has 2 aliphatic rings. The molecule has 1 heterocycles. The molecule has 2 fully saturated rings. The van der Waals surface area contributed by atoms with Crippen LogP contribution in [0.4, 0.5) is 4.79 Å². The Bertz CT molecular complexity index is 1020. The predicted molar refractivity (Wildman–Crippen MR) is 145 cm³/mol. The van der Waals surface area contributed by atoms with Gasteiger partial charge in [-0.15, -0.1) is 6.58 Å². The number of ether oxygens (including phenoxy) is 1. The number of hydrogen-bond acceptors (Lipinski definition) is 4. The number of amides is 1. The Hall–Kier alpha value is -3.12. The average molecular weight is 505 g/mol. The normalized spacial score (nSPS) is 23.3. The quantitative estimate of drug-likeness (QED) is 0.414. The van der Waals surface area contributed by atoms with Crippen molar-refractivity contribution in [1.82, 2.24) is 9.80 Å². The summed E-state index contributed by atoms with van der Waals surface area (Å²) in [5, 5.41) is 9.62. The van der Waals surface area contributed by atoms with Gasteiger partial charge < -0.3 is 19.6 Å². The highest BCUT2D eigenvalue weighted by molar-refractivity contribution is 5.70. The second-order valence-corrected chi connectivity index (χ2v) is 10.6. The van der Waals surface area contributed by atoms with E-state index in [0.29, 0.717) is 18.4 Å². The fourth-order valence-corrected chi connectivity index (χ4v) is 6.15. The Kier molecular flexibility index (Phi) is 9.40. The lowest BCUT2D eigenvalue weighted by Crippen LogP contribution is -2.48. The third-order valence-corrected chi connectivity index (χ3v) is 8.31. The Balaban J connectivity index is 1.34. The molecule has 0 spiro atoms. The maximum atomic E-state index is 12.9. The monoisotopic (exact) mass is 504 g/mol. The highest BCUT2D eigenvalue weighted by Crippen LogP contribution is 2.46. The minimum absolute atomic E-state index is 0.130. The van der Waals surface area contributed by atoms with E-state index in [4.69, 9.17) is 4.74 Å². The van der Waals surface area contributed by atoms with Crippen LogP contribution in [0, 0.1) is 17.8 Å². The minimum atomic E-state index is -0.695. The van der Waals surface area contributed by atoms with E-state index in [0.717, 1.165) is 50.9 Å². The molecule has 0 aromatic heterocycles. The molecule has 1 amide bonds. The Morgan fingerprint density at radius 2 is 1.73 bits per heavy atom. The van der Waals surface area contributed by atoms with E-state index in [9.17, 15) is 14.7 Å². The van der Waals surface area contributed by atoms with Gasteiger partial charge in [0, 0.05) is 32.2 Å². The number of likely N-dealkylation sites (tertiary alicyclic amines) is 1. The van der Waals surface area contributed by atoms with Crippen LogP contribution in [0.2, 0.25) is 0 Å². The molecular weight excluding hydrogens is 464 g/mol. The van der Waals surface area contributed by atoms with Crippen LogP contribution in [-0.4, -0.2) is 59.2 Å². The Morgan fingerprint density at radius 3 is 2.35 bits per heavy atom. The number of carbonyl (C=O) groups is 2. The Morgan fingerprint density at radius 1 is 1.08 bits per heavy atom. The van der Waals surface area contributed by atoms with Crippen LogP contribution in [-0.2, 0) is 16.1 Å². The summed E-state index contributed by atoms with van der Waals surface area (Å²) in [5.41, 5.74) is 2.30. The van der Waals surface area contributed by atoms with Crippen molar-refractivity contribution in [3.8, 4) is 0 Å². The molecule has 0 bridgehead atoms. The average Bonchev–Trinajstić information content (AvgIpc) is 3.35. The summed E-state index contributed by atoms with van der Waals surface area (Å²) in [4.78, 5) is 28.9. The van der Waals surface area contributed by atoms with Crippen LogP contribution in [0.25, 0.3) is 0 Å². The van der Waals surface area contributed by atoms with E-state index in [1.807, 2.05) is 48.2 Å². The van der Waals surface area contributed by atoms with E-state index < -0.39 is 5.97 Å². The largest absolute Gasteiger partial charge is 0.481 e. The maximum absolute atomic E-state index is 12.9. The fraction of sp³-hybridized carbons (Fsp3) is 0.484. The zero-order valence-corrected chi connectivity index (χ0v) is 21.9. The second kappa shape index (κ2) is 12.9. The number of rotatable bonds is 10. The van der Waals surface area contributed by atoms with E-state index in [-0.39, 0.29) is 30.6 Å². The number of carboxylic acids is 1. The third kappa shape index (κ3) is 7.01. The molecule has 1 saturated carbocycles. The van der Waals surface area contributed by atoms with Crippen molar-refractivity contribution in [2.75, 3.05) is 26.2 Å². The first-order valence-electron chi connectivity index (χ1n) is 13.5. The molecule has 4 rings (SSSR count). The highest BCUT2D eigenvalue weighted by atomic mass is 16.6. The van der Waals surface area contributed by atoms with E-state index in [1.165, 1.54) is 5.56 Å². The summed E-state index contributed by atoms with van der Waals surface area (Å²) < 4.78 is 5.62. The molecule has 6 heteroatoms. The molecule has 2 unspecified atom stereocenters. The van der Waals surface area contributed by atoms with Gasteiger partial charge in [-0.3, -0.25) is 4.79 Å². The first-order chi connectivity index (χ1) is 18.0. The molecule has 2 aromatic carbocycles. The molecule has 1 aliphatic heterocycles. The molecule has 1 N–H and O–H groups in total. The molecule has 6 nitrogen and oxygen atoms in total. The van der Waals surface area contributed by atoms with Gasteiger partial charge in [0.2, 0.25) is 0 Å². The van der Waals surface area contributed by atoms with E-state index >= 15 is 0 Å². The van der Waals surface area contributed by atoms with Gasteiger partial charge in [0.1, 0.15) is 6.61 Å². The molecule has 1 aliphatic carbocycles. The van der Waals surface area contributed by atoms with Gasteiger partial charge in [0.15, 0.2) is 0 Å². The second-order valence-electron chi connectivity index (χ2n) is 10.6. The number of carboxylic acid groups (broad SMARTS) is 1. The van der Waals surface area contributed by atoms with Crippen molar-refractivity contribution < 1.29 is 19.4 Å². The van der Waals surface area contributed by atoms with Crippen LogP contribution in [0.1, 0.15) is 49.7 Å². The van der Waals surface area contributed by atoms with Crippen molar-refractivity contribution in [2.24, 2.45) is 17.8 Å². The SMILES string of the molecule is C=CCN(C(=O)OCc1ccccc1)C1CCN(C[C@H]2CC(C(C)C(=O)O)C[C@@H]2c2ccccc2)CC1. The summed E-state index contributed by atoms with van der Waals surface area (Å²) in [6, 6.07) is 20.4. The summed E-state index contributed by atoms with van der Waals surface area (Å²) in [6.45, 7) is 9.25. The number of benzene rings is 2. The smallest absolute Gasteiger partial charge is 0.410 e. The van der Waals surface area contributed by atoms with E-state index in [2.05, 4.69) is 35.7 Å². The van der Waals surface area contributed by atoms with Crippen molar-refractivity contribution in [2.45, 2.75) is 51.2 Å². The van der Waals surface area contributed by atoms with Crippen molar-refractivity contribution >= 4 is 12.1 Å². The van der Waals surface area contributed by atoms with Gasteiger partial charge in [0.05, 0.1) is 5.92 Å². The third-order valence-electron chi connectivity index (χ3n) is 8.31. The number of aliphatic carboxylic acids is 1. The predicted octanol–water partition coefficient (Wildman–Crippen LogP) is 5.81. The van der Waals surface area contributed by atoms with Gasteiger partial charge in [0.25, 0.3) is 0 Å². The fourth-order valence-electron chi connectivity index (χ4n) is 6.15. The Labute approximate surface area is 220 Å². The number of hydrogen-bond donors (Lipinski definition) is 1. The lowest BCUT2D eigenvalue weighted by Gasteiger charge is -2.39. The van der Waals surface area contributed by atoms with E-state index in [1.54, 1.807) is 6.08 Å². The lowest BCUT2D eigenvalue weighted by molar-refractivity contribution is -0.142. The van der Waals surface area contributed by atoms with Crippen molar-refractivity contribution in [1.29, 1.82) is 0 Å². The summed E-state index contributed by atoms with van der Waals surface area (Å²) in [6.07, 6.45) is 5.15. The zero-order valence-electron chi connectivity index (χ0n) is 21.9. The molecule has 0 radical (unpaired) electrons. The lowest BCUT2D eigenvalue weighted by atomic mass is 9.87. The van der Waals surface area contributed by atoms with Crippen LogP contribution in [0.3, 0.4) is 0 Å². The van der Waals surface area contributed by atoms with Gasteiger partial charge in [-0.1, -0.05) is 73.7 Å². The van der Waals surface area contributed by atoms with Crippen molar-refractivity contribution in [3.63, 3.8) is 0 Å². The minimum Gasteiger partial charge on any atom is -0.481 e. The standard InChI is InChI=1S/C31H40N2O4/c1-3-16-33(31(36)37-22-24-10-6-4-7-11-24)28-14-17-32(18-15-28)21-27-19-26(23(2)30(34)35)20-29(27)25-12-8-5-9-13-25/h3-13,23,26-29H,1,14-22H2,2H3,(H,34,35)/t23?,26?,27-,29-/m1/s1. The number of nitrogens with zero attached hydrogens (tertiary/aromatic N) is 2.